The number of nitrogens with zero attached hydrogens (tertiary/aromatic N) is 1. The van der Waals surface area contributed by atoms with E-state index in [1.807, 2.05) is 0 Å². The van der Waals surface area contributed by atoms with Crippen molar-refractivity contribution in [3.63, 3.8) is 0 Å². The third-order valence-corrected chi connectivity index (χ3v) is 3.24. The predicted molar refractivity (Wildman–Crippen MR) is 58.0 cm³/mol. The summed E-state index contributed by atoms with van der Waals surface area (Å²) in [7, 11) is 0. The van der Waals surface area contributed by atoms with E-state index in [0.29, 0.717) is 5.54 Å². The van der Waals surface area contributed by atoms with Crippen molar-refractivity contribution in [2.75, 3.05) is 13.1 Å². The van der Waals surface area contributed by atoms with E-state index in [2.05, 4.69) is 45.2 Å². The average Bonchev–Trinajstić information content (AvgIpc) is 1.83. The van der Waals surface area contributed by atoms with Crippen LogP contribution >= 0.6 is 12.6 Å². The molecule has 0 saturated carbocycles. The largest absolute Gasteiger partial charge is 0.298 e. The first-order valence-corrected chi connectivity index (χ1v) is 5.23. The molecule has 1 heterocycles. The van der Waals surface area contributed by atoms with Crippen molar-refractivity contribution in [3.8, 4) is 0 Å². The molecule has 0 spiro atoms. The third kappa shape index (κ3) is 2.67. The zero-order valence-electron chi connectivity index (χ0n) is 8.72. The van der Waals surface area contributed by atoms with Gasteiger partial charge in [-0.25, -0.2) is 0 Å². The lowest BCUT2D eigenvalue weighted by Crippen LogP contribution is -2.48. The van der Waals surface area contributed by atoms with Crippen LogP contribution in [0.25, 0.3) is 0 Å². The number of likely N-dealkylation sites (tertiary alicyclic amines) is 1. The fourth-order valence-electron chi connectivity index (χ4n) is 1.66. The third-order valence-electron chi connectivity index (χ3n) is 2.79. The number of hydrogen-bond acceptors (Lipinski definition) is 2. The maximum atomic E-state index is 4.63. The second-order valence-electron chi connectivity index (χ2n) is 5.15. The van der Waals surface area contributed by atoms with Gasteiger partial charge in [0.25, 0.3) is 0 Å². The Hall–Kier alpha value is 0.310. The monoisotopic (exact) mass is 187 g/mol. The van der Waals surface area contributed by atoms with Crippen LogP contribution in [0, 0.1) is 0 Å². The van der Waals surface area contributed by atoms with Crippen molar-refractivity contribution in [3.05, 3.63) is 0 Å². The van der Waals surface area contributed by atoms with E-state index in [4.69, 9.17) is 0 Å². The van der Waals surface area contributed by atoms with E-state index in [0.717, 1.165) is 0 Å². The van der Waals surface area contributed by atoms with Crippen LogP contribution in [0.3, 0.4) is 0 Å². The molecule has 1 rings (SSSR count). The minimum Gasteiger partial charge on any atom is -0.298 e. The molecule has 0 atom stereocenters. The normalized spacial score (nSPS) is 25.8. The van der Waals surface area contributed by atoms with Gasteiger partial charge in [0, 0.05) is 10.3 Å². The summed E-state index contributed by atoms with van der Waals surface area (Å²) in [6.45, 7) is 11.5. The smallest absolute Gasteiger partial charge is 0.0126 e. The summed E-state index contributed by atoms with van der Waals surface area (Å²) in [6.07, 6.45) is 2.43. The standard InChI is InChI=1S/C10H21NS/c1-9(2,3)11-7-5-10(4,12)6-8-11/h12H,5-8H2,1-4H3. The molecule has 0 radical (unpaired) electrons. The van der Waals surface area contributed by atoms with Gasteiger partial charge in [-0.1, -0.05) is 6.92 Å². The summed E-state index contributed by atoms with van der Waals surface area (Å²) in [4.78, 5) is 2.55. The molecule has 1 saturated heterocycles. The molecule has 1 nitrogen and oxygen atoms in total. The highest BCUT2D eigenvalue weighted by atomic mass is 32.1. The van der Waals surface area contributed by atoms with Crippen LogP contribution in [0.1, 0.15) is 40.5 Å². The molecule has 1 aliphatic rings. The van der Waals surface area contributed by atoms with E-state index in [-0.39, 0.29) is 4.75 Å². The summed E-state index contributed by atoms with van der Waals surface area (Å²) in [5, 5.41) is 0. The summed E-state index contributed by atoms with van der Waals surface area (Å²) in [5.41, 5.74) is 0.338. The fraction of sp³-hybridized carbons (Fsp3) is 1.00. The van der Waals surface area contributed by atoms with Gasteiger partial charge in [0.15, 0.2) is 0 Å². The van der Waals surface area contributed by atoms with Gasteiger partial charge in [0.2, 0.25) is 0 Å². The van der Waals surface area contributed by atoms with Crippen LogP contribution in [0.4, 0.5) is 0 Å². The zero-order valence-corrected chi connectivity index (χ0v) is 9.62. The van der Waals surface area contributed by atoms with Crippen molar-refractivity contribution in [2.24, 2.45) is 0 Å². The Bertz CT molecular complexity index is 148. The van der Waals surface area contributed by atoms with Gasteiger partial charge in [-0.3, -0.25) is 4.90 Å². The van der Waals surface area contributed by atoms with Crippen LogP contribution in [0.15, 0.2) is 0 Å². The molecular formula is C10H21NS. The number of thiol groups is 1. The van der Waals surface area contributed by atoms with Crippen LogP contribution in [-0.4, -0.2) is 28.3 Å². The highest BCUT2D eigenvalue weighted by molar-refractivity contribution is 7.81. The number of hydrogen-bond donors (Lipinski definition) is 1. The van der Waals surface area contributed by atoms with E-state index >= 15 is 0 Å². The second-order valence-corrected chi connectivity index (χ2v) is 6.23. The Morgan fingerprint density at radius 3 is 1.92 bits per heavy atom. The van der Waals surface area contributed by atoms with E-state index < -0.39 is 0 Å². The summed E-state index contributed by atoms with van der Waals surface area (Å²) in [5.74, 6) is 0. The molecule has 0 N–H and O–H groups in total. The Labute approximate surface area is 81.9 Å². The number of piperidine rings is 1. The van der Waals surface area contributed by atoms with E-state index in [1.165, 1.54) is 25.9 Å². The van der Waals surface area contributed by atoms with Crippen molar-refractivity contribution in [1.82, 2.24) is 4.90 Å². The highest BCUT2D eigenvalue weighted by Gasteiger charge is 2.31. The van der Waals surface area contributed by atoms with Gasteiger partial charge in [0.1, 0.15) is 0 Å². The first kappa shape index (κ1) is 10.4. The maximum absolute atomic E-state index is 4.63. The Morgan fingerprint density at radius 1 is 1.17 bits per heavy atom. The summed E-state index contributed by atoms with van der Waals surface area (Å²) in [6, 6.07) is 0. The zero-order chi connectivity index (χ0) is 9.41. The van der Waals surface area contributed by atoms with Gasteiger partial charge >= 0.3 is 0 Å². The molecule has 0 aromatic carbocycles. The van der Waals surface area contributed by atoms with Crippen LogP contribution in [0.5, 0.6) is 0 Å². The average molecular weight is 187 g/mol. The molecular weight excluding hydrogens is 166 g/mol. The molecule has 0 aliphatic carbocycles. The highest BCUT2D eigenvalue weighted by Crippen LogP contribution is 2.30. The molecule has 72 valence electrons. The predicted octanol–water partition coefficient (Wildman–Crippen LogP) is 2.57. The Kier molecular flexibility index (Phi) is 2.79. The SMILES string of the molecule is CC1(S)CCN(C(C)(C)C)CC1. The molecule has 0 aromatic heterocycles. The van der Waals surface area contributed by atoms with Gasteiger partial charge < -0.3 is 0 Å². The van der Waals surface area contributed by atoms with Gasteiger partial charge in [-0.05, 0) is 46.7 Å². The Morgan fingerprint density at radius 2 is 1.58 bits per heavy atom. The molecule has 1 aliphatic heterocycles. The van der Waals surface area contributed by atoms with Gasteiger partial charge in [-0.2, -0.15) is 12.6 Å². The molecule has 0 aromatic rings. The minimum atomic E-state index is 0.280. The maximum Gasteiger partial charge on any atom is 0.0126 e. The van der Waals surface area contributed by atoms with Crippen LogP contribution < -0.4 is 0 Å². The topological polar surface area (TPSA) is 3.24 Å². The summed E-state index contributed by atoms with van der Waals surface area (Å²) >= 11 is 4.63. The van der Waals surface area contributed by atoms with Crippen molar-refractivity contribution < 1.29 is 0 Å². The van der Waals surface area contributed by atoms with E-state index in [9.17, 15) is 0 Å². The first-order valence-electron chi connectivity index (χ1n) is 4.79. The summed E-state index contributed by atoms with van der Waals surface area (Å²) < 4.78 is 0.280. The fourth-order valence-corrected chi connectivity index (χ4v) is 1.86. The van der Waals surface area contributed by atoms with Crippen molar-refractivity contribution in [2.45, 2.75) is 50.8 Å². The lowest BCUT2D eigenvalue weighted by Gasteiger charge is -2.43. The molecule has 0 bridgehead atoms. The first-order chi connectivity index (χ1) is 5.31. The van der Waals surface area contributed by atoms with E-state index in [1.54, 1.807) is 0 Å². The van der Waals surface area contributed by atoms with Gasteiger partial charge in [0.05, 0.1) is 0 Å². The molecule has 0 amide bonds. The van der Waals surface area contributed by atoms with Crippen molar-refractivity contribution in [1.29, 1.82) is 0 Å². The molecule has 1 fully saturated rings. The lowest BCUT2D eigenvalue weighted by molar-refractivity contribution is 0.0996. The quantitative estimate of drug-likeness (QED) is 0.570. The molecule has 2 heteroatoms. The second kappa shape index (κ2) is 3.22. The lowest BCUT2D eigenvalue weighted by atomic mass is 9.94. The molecule has 0 unspecified atom stereocenters. The van der Waals surface area contributed by atoms with Gasteiger partial charge in [-0.15, -0.1) is 0 Å². The minimum absolute atomic E-state index is 0.280. The van der Waals surface area contributed by atoms with Crippen LogP contribution in [0.2, 0.25) is 0 Å². The van der Waals surface area contributed by atoms with Crippen molar-refractivity contribution >= 4 is 12.6 Å². The Balaban J connectivity index is 2.47. The molecule has 12 heavy (non-hydrogen) atoms. The van der Waals surface area contributed by atoms with Crippen LogP contribution in [-0.2, 0) is 0 Å². The number of rotatable bonds is 0.